The molecule has 1 nitrogen and oxygen atoms in total. The van der Waals surface area contributed by atoms with Crippen molar-refractivity contribution in [1.82, 2.24) is 0 Å². The maximum atomic E-state index is 6.52. The second-order valence-corrected chi connectivity index (χ2v) is 15.5. The summed E-state index contributed by atoms with van der Waals surface area (Å²) < 4.78 is 6.52. The molecule has 0 amide bonds. The molecule has 10 aromatic carbocycles. The molecule has 1 heterocycles. The number of hydrogen-bond acceptors (Lipinski definition) is 1. The molecule has 0 saturated carbocycles. The van der Waals surface area contributed by atoms with Crippen molar-refractivity contribution in [3.63, 3.8) is 0 Å². The van der Waals surface area contributed by atoms with Crippen molar-refractivity contribution < 1.29 is 4.74 Å². The van der Waals surface area contributed by atoms with Crippen molar-refractivity contribution in [2.45, 2.75) is 5.41 Å². The SMILES string of the molecule is c1ccc2c(c1)-c1ccccc1C21c2cc(-c3ccc4c(c3)-c3cccc5cccc(c35)O4)ccc2-c2ccc3c(-c4cccc5ccccc45)cccc3c21. The topological polar surface area (TPSA) is 9.23 Å². The van der Waals surface area contributed by atoms with Gasteiger partial charge in [-0.3, -0.25) is 0 Å². The molecule has 1 spiro atoms. The van der Waals surface area contributed by atoms with Crippen LogP contribution >= 0.6 is 0 Å². The monoisotopic (exact) mass is 708 g/mol. The molecule has 0 aromatic heterocycles. The molecule has 2 aliphatic carbocycles. The highest BCUT2D eigenvalue weighted by Crippen LogP contribution is 2.65. The summed E-state index contributed by atoms with van der Waals surface area (Å²) in [4.78, 5) is 0. The second kappa shape index (κ2) is 10.9. The van der Waals surface area contributed by atoms with Gasteiger partial charge in [-0.25, -0.2) is 0 Å². The van der Waals surface area contributed by atoms with Crippen LogP contribution in [0.5, 0.6) is 11.5 Å². The van der Waals surface area contributed by atoms with Gasteiger partial charge in [-0.1, -0.05) is 170 Å². The molecule has 10 aromatic rings. The number of hydrogen-bond donors (Lipinski definition) is 0. The summed E-state index contributed by atoms with van der Waals surface area (Å²) in [5.74, 6) is 1.82. The zero-order valence-corrected chi connectivity index (χ0v) is 30.4. The first kappa shape index (κ1) is 30.1. The third-order valence-corrected chi connectivity index (χ3v) is 12.9. The van der Waals surface area contributed by atoms with Gasteiger partial charge >= 0.3 is 0 Å². The third kappa shape index (κ3) is 3.79. The highest BCUT2D eigenvalue weighted by Gasteiger charge is 2.52. The van der Waals surface area contributed by atoms with E-state index < -0.39 is 5.41 Å². The molecule has 0 saturated heterocycles. The minimum atomic E-state index is -0.493. The molecule has 0 unspecified atom stereocenters. The van der Waals surface area contributed by atoms with E-state index in [4.69, 9.17) is 4.74 Å². The summed E-state index contributed by atoms with van der Waals surface area (Å²) in [5.41, 5.74) is 17.4. The molecule has 258 valence electrons. The van der Waals surface area contributed by atoms with Gasteiger partial charge < -0.3 is 4.74 Å². The maximum absolute atomic E-state index is 6.52. The van der Waals surface area contributed by atoms with Crippen LogP contribution in [-0.4, -0.2) is 0 Å². The third-order valence-electron chi connectivity index (χ3n) is 12.9. The van der Waals surface area contributed by atoms with Crippen molar-refractivity contribution in [2.24, 2.45) is 0 Å². The average molecular weight is 709 g/mol. The van der Waals surface area contributed by atoms with Crippen LogP contribution in [0.3, 0.4) is 0 Å². The lowest BCUT2D eigenvalue weighted by Crippen LogP contribution is -2.26. The highest BCUT2D eigenvalue weighted by molar-refractivity contribution is 6.11. The van der Waals surface area contributed by atoms with E-state index in [1.807, 2.05) is 0 Å². The zero-order valence-electron chi connectivity index (χ0n) is 30.4. The number of ether oxygens (including phenoxy) is 1. The van der Waals surface area contributed by atoms with Crippen LogP contribution in [0.1, 0.15) is 22.3 Å². The molecule has 0 radical (unpaired) electrons. The molecular formula is C55H32O. The molecule has 13 rings (SSSR count). The van der Waals surface area contributed by atoms with Crippen LogP contribution in [0.2, 0.25) is 0 Å². The van der Waals surface area contributed by atoms with Crippen LogP contribution in [0.4, 0.5) is 0 Å². The minimum absolute atomic E-state index is 0.493. The van der Waals surface area contributed by atoms with Crippen LogP contribution < -0.4 is 4.74 Å². The normalized spacial score (nSPS) is 13.6. The lowest BCUT2D eigenvalue weighted by Gasteiger charge is -2.32. The summed E-state index contributed by atoms with van der Waals surface area (Å²) >= 11 is 0. The standard InChI is InChI=1S/C55H32O/c1-2-15-37-33(11-1)12-7-18-38(37)39-19-10-21-45-40(39)28-29-46-43-27-25-36(35-26-30-51-47(31-35)44-20-8-13-34-14-9-24-52(56-51)53(34)44)32-50(43)55(54(45)46)48-22-5-3-16-41(48)42-17-4-6-23-49(42)55/h1-32H. The van der Waals surface area contributed by atoms with Gasteiger partial charge in [-0.2, -0.15) is 0 Å². The Morgan fingerprint density at radius 2 is 0.875 bits per heavy atom. The Balaban J connectivity index is 1.09. The molecule has 1 aliphatic heterocycles. The van der Waals surface area contributed by atoms with E-state index in [-0.39, 0.29) is 0 Å². The fraction of sp³-hybridized carbons (Fsp3) is 0.0182. The predicted molar refractivity (Wildman–Crippen MR) is 232 cm³/mol. The first-order valence-corrected chi connectivity index (χ1v) is 19.5. The van der Waals surface area contributed by atoms with Gasteiger partial charge in [0.15, 0.2) is 0 Å². The van der Waals surface area contributed by atoms with E-state index >= 15 is 0 Å². The lowest BCUT2D eigenvalue weighted by atomic mass is 9.69. The molecular weight excluding hydrogens is 677 g/mol. The van der Waals surface area contributed by atoms with Crippen molar-refractivity contribution in [1.29, 1.82) is 0 Å². The molecule has 0 atom stereocenters. The van der Waals surface area contributed by atoms with Gasteiger partial charge in [0.05, 0.1) is 5.41 Å². The van der Waals surface area contributed by atoms with Gasteiger partial charge in [-0.05, 0) is 124 Å². The Hall–Kier alpha value is -7.22. The van der Waals surface area contributed by atoms with Crippen LogP contribution in [0, 0.1) is 0 Å². The largest absolute Gasteiger partial charge is 0.456 e. The van der Waals surface area contributed by atoms with Gasteiger partial charge in [0.2, 0.25) is 0 Å². The van der Waals surface area contributed by atoms with Gasteiger partial charge in [-0.15, -0.1) is 0 Å². The quantitative estimate of drug-likeness (QED) is 0.174. The summed E-state index contributed by atoms with van der Waals surface area (Å²) in [6.45, 7) is 0. The van der Waals surface area contributed by atoms with Crippen molar-refractivity contribution in [3.05, 3.63) is 216 Å². The molecule has 56 heavy (non-hydrogen) atoms. The average Bonchev–Trinajstić information content (AvgIpc) is 3.73. The molecule has 0 N–H and O–H groups in total. The lowest BCUT2D eigenvalue weighted by molar-refractivity contribution is 0.487. The minimum Gasteiger partial charge on any atom is -0.456 e. The number of fused-ring (bicyclic) bond motifs is 15. The Kier molecular flexibility index (Phi) is 5.89. The first-order chi connectivity index (χ1) is 27.8. The molecule has 1 heteroatoms. The maximum Gasteiger partial charge on any atom is 0.135 e. The summed E-state index contributed by atoms with van der Waals surface area (Å²) in [6.07, 6.45) is 0. The van der Waals surface area contributed by atoms with Crippen molar-refractivity contribution in [3.8, 4) is 67.1 Å². The Bertz CT molecular complexity index is 3290. The van der Waals surface area contributed by atoms with E-state index in [0.29, 0.717) is 0 Å². The van der Waals surface area contributed by atoms with Gasteiger partial charge in [0.1, 0.15) is 11.5 Å². The van der Waals surface area contributed by atoms with Crippen molar-refractivity contribution >= 4 is 32.3 Å². The van der Waals surface area contributed by atoms with E-state index in [2.05, 4.69) is 194 Å². The number of benzene rings is 10. The Labute approximate surface area is 324 Å². The van der Waals surface area contributed by atoms with Crippen LogP contribution in [0.15, 0.2) is 194 Å². The first-order valence-electron chi connectivity index (χ1n) is 19.5. The smallest absolute Gasteiger partial charge is 0.135 e. The molecule has 0 fully saturated rings. The summed E-state index contributed by atoms with van der Waals surface area (Å²) in [5, 5.41) is 7.49. The van der Waals surface area contributed by atoms with Crippen LogP contribution in [-0.2, 0) is 5.41 Å². The summed E-state index contributed by atoms with van der Waals surface area (Å²) in [7, 11) is 0. The zero-order chi connectivity index (χ0) is 36.5. The van der Waals surface area contributed by atoms with Crippen LogP contribution in [0.25, 0.3) is 88.0 Å². The van der Waals surface area contributed by atoms with E-state index in [1.165, 1.54) is 105 Å². The van der Waals surface area contributed by atoms with Gasteiger partial charge in [0.25, 0.3) is 0 Å². The highest BCUT2D eigenvalue weighted by atomic mass is 16.5. The second-order valence-electron chi connectivity index (χ2n) is 15.5. The Morgan fingerprint density at radius 3 is 1.71 bits per heavy atom. The van der Waals surface area contributed by atoms with E-state index in [1.54, 1.807) is 0 Å². The summed E-state index contributed by atoms with van der Waals surface area (Å²) in [6, 6.07) is 72.2. The Morgan fingerprint density at radius 1 is 0.304 bits per heavy atom. The molecule has 0 bridgehead atoms. The predicted octanol–water partition coefficient (Wildman–Crippen LogP) is 14.6. The fourth-order valence-corrected chi connectivity index (χ4v) is 10.6. The molecule has 3 aliphatic rings. The fourth-order valence-electron chi connectivity index (χ4n) is 10.6. The van der Waals surface area contributed by atoms with Crippen molar-refractivity contribution in [2.75, 3.05) is 0 Å². The van der Waals surface area contributed by atoms with E-state index in [9.17, 15) is 0 Å². The van der Waals surface area contributed by atoms with E-state index in [0.717, 1.165) is 17.1 Å². The van der Waals surface area contributed by atoms with Gasteiger partial charge in [0, 0.05) is 10.9 Å². The number of rotatable bonds is 2.